The fraction of sp³-hybridized carbons (Fsp3) is 0.875. The molecule has 102 valence electrons. The number of aliphatic hydroxyl groups is 1. The molecule has 0 aromatic heterocycles. The Bertz CT molecular complexity index is 220. The van der Waals surface area contributed by atoms with Gasteiger partial charge in [-0.1, -0.05) is 0 Å². The van der Waals surface area contributed by atoms with Crippen molar-refractivity contribution >= 4 is 14.8 Å². The van der Waals surface area contributed by atoms with Crippen LogP contribution in [0.5, 0.6) is 0 Å². The summed E-state index contributed by atoms with van der Waals surface area (Å²) in [5.41, 5.74) is 0. The lowest BCUT2D eigenvalue weighted by Gasteiger charge is -2.13. The van der Waals surface area contributed by atoms with Gasteiger partial charge in [-0.15, -0.1) is 0 Å². The van der Waals surface area contributed by atoms with Crippen molar-refractivity contribution in [3.05, 3.63) is 0 Å². The second-order valence-corrected chi connectivity index (χ2v) is 5.66. The predicted molar refractivity (Wildman–Crippen MR) is 56.5 cm³/mol. The highest BCUT2D eigenvalue weighted by Gasteiger charge is 2.25. The van der Waals surface area contributed by atoms with E-state index in [1.165, 1.54) is 0 Å². The maximum atomic E-state index is 10.0. The van der Waals surface area contributed by atoms with Gasteiger partial charge >= 0.3 is 8.80 Å². The monoisotopic (exact) mass is 268 g/mol. The molecule has 0 aromatic carbocycles. The Morgan fingerprint density at radius 2 is 2.06 bits per heavy atom. The van der Waals surface area contributed by atoms with Crippen LogP contribution in [0.3, 0.4) is 0 Å². The number of carboxylic acid groups (broad SMARTS) is 1. The zero-order valence-corrected chi connectivity index (χ0v) is 10.3. The van der Waals surface area contributed by atoms with Crippen LogP contribution >= 0.6 is 0 Å². The Labute approximate surface area is 99.8 Å². The largest absolute Gasteiger partial charge is 0.549 e. The lowest BCUT2D eigenvalue weighted by atomic mass is 10.4. The van der Waals surface area contributed by atoms with Crippen molar-refractivity contribution in [3.8, 4) is 0 Å². The molecule has 0 rings (SSSR count). The molecule has 1 unspecified atom stereocenters. The van der Waals surface area contributed by atoms with Crippen LogP contribution in [-0.2, 0) is 9.53 Å². The van der Waals surface area contributed by atoms with Gasteiger partial charge in [0, 0.05) is 25.7 Å². The topological polar surface area (TPSA) is 142 Å². The van der Waals surface area contributed by atoms with Gasteiger partial charge in [0.05, 0.1) is 18.7 Å². The molecule has 0 heterocycles. The van der Waals surface area contributed by atoms with Crippen LogP contribution in [0.4, 0.5) is 0 Å². The molecule has 0 radical (unpaired) electrons. The highest BCUT2D eigenvalue weighted by Crippen LogP contribution is 2.01. The Morgan fingerprint density at radius 3 is 2.59 bits per heavy atom. The van der Waals surface area contributed by atoms with Crippen molar-refractivity contribution in [2.45, 2.75) is 18.6 Å². The van der Waals surface area contributed by atoms with Gasteiger partial charge in [0.15, 0.2) is 0 Å². The van der Waals surface area contributed by atoms with Crippen LogP contribution in [0.15, 0.2) is 0 Å². The van der Waals surface area contributed by atoms with Crippen molar-refractivity contribution in [1.29, 1.82) is 0 Å². The first-order valence-corrected chi connectivity index (χ1v) is 7.19. The second-order valence-electron chi connectivity index (χ2n) is 3.61. The van der Waals surface area contributed by atoms with Gasteiger partial charge in [0.1, 0.15) is 0 Å². The van der Waals surface area contributed by atoms with Crippen LogP contribution in [0.1, 0.15) is 6.42 Å². The smallest absolute Gasteiger partial charge is 0.492 e. The molecule has 0 amide bonds. The van der Waals surface area contributed by atoms with Crippen LogP contribution in [0, 0.1) is 0 Å². The summed E-state index contributed by atoms with van der Waals surface area (Å²) in [6.07, 6.45) is -0.580. The highest BCUT2D eigenvalue weighted by molar-refractivity contribution is 6.56. The minimum Gasteiger partial charge on any atom is -0.549 e. The molecule has 9 heteroatoms. The van der Waals surface area contributed by atoms with E-state index < -0.39 is 20.9 Å². The van der Waals surface area contributed by atoms with E-state index in [0.717, 1.165) is 0 Å². The number of rotatable bonds is 10. The number of carboxylic acids is 1. The summed E-state index contributed by atoms with van der Waals surface area (Å²) < 4.78 is 4.98. The quantitative estimate of drug-likeness (QED) is 0.199. The number of carbonyl (C=O) groups is 1. The summed E-state index contributed by atoms with van der Waals surface area (Å²) in [4.78, 5) is 36.0. The molecule has 8 nitrogen and oxygen atoms in total. The van der Waals surface area contributed by atoms with Crippen molar-refractivity contribution in [3.63, 3.8) is 0 Å². The van der Waals surface area contributed by atoms with Crippen molar-refractivity contribution in [2.75, 3.05) is 26.3 Å². The van der Waals surface area contributed by atoms with Crippen LogP contribution in [0.2, 0.25) is 6.04 Å². The molecule has 0 saturated heterocycles. The number of ether oxygens (including phenoxy) is 1. The minimum absolute atomic E-state index is 0.00309. The van der Waals surface area contributed by atoms with E-state index in [0.29, 0.717) is 0 Å². The maximum absolute atomic E-state index is 10.0. The summed E-state index contributed by atoms with van der Waals surface area (Å²) in [7, 11) is -4.00. The Hall–Kier alpha value is -0.553. The third kappa shape index (κ3) is 13.4. The molecule has 17 heavy (non-hydrogen) atoms. The molecule has 0 aliphatic carbocycles. The summed E-state index contributed by atoms with van der Waals surface area (Å²) in [6.45, 7) is -0.109. The van der Waals surface area contributed by atoms with Gasteiger partial charge in [-0.25, -0.2) is 0 Å². The number of aliphatic hydroxyl groups excluding tert-OH is 1. The predicted octanol–water partition coefficient (Wildman–Crippen LogP) is -3.99. The summed E-state index contributed by atoms with van der Waals surface area (Å²) >= 11 is 0. The van der Waals surface area contributed by atoms with E-state index in [-0.39, 0.29) is 38.8 Å². The maximum Gasteiger partial charge on any atom is 0.492 e. The van der Waals surface area contributed by atoms with Gasteiger partial charge in [0.25, 0.3) is 0 Å². The second kappa shape index (κ2) is 8.52. The Balaban J connectivity index is 3.33. The molecule has 0 saturated carbocycles. The van der Waals surface area contributed by atoms with E-state index in [1.807, 2.05) is 0 Å². The third-order valence-electron chi connectivity index (χ3n) is 1.76. The standard InChI is InChI=1S/C8H19NO7Si/c10-7(4-9-5-8(11)12)6-16-2-1-3-17(13,14)15/h7,9-10,13-15H,1-6H2,(H,11,12)/p-1. The number of hydrogen-bond acceptors (Lipinski definition) is 8. The molecule has 1 atom stereocenters. The van der Waals surface area contributed by atoms with E-state index in [2.05, 4.69) is 5.32 Å². The summed E-state index contributed by atoms with van der Waals surface area (Å²) in [5.74, 6) is -1.26. The lowest BCUT2D eigenvalue weighted by Crippen LogP contribution is -2.39. The van der Waals surface area contributed by atoms with Gasteiger partial charge in [0.2, 0.25) is 0 Å². The number of aliphatic carboxylic acids is 1. The molecule has 0 aromatic rings. The van der Waals surface area contributed by atoms with E-state index in [1.54, 1.807) is 0 Å². The molecule has 0 spiro atoms. The van der Waals surface area contributed by atoms with Crippen molar-refractivity contribution < 1.29 is 34.1 Å². The van der Waals surface area contributed by atoms with Gasteiger partial charge in [-0.2, -0.15) is 0 Å². The van der Waals surface area contributed by atoms with E-state index >= 15 is 0 Å². The van der Waals surface area contributed by atoms with Crippen molar-refractivity contribution in [2.24, 2.45) is 0 Å². The Kier molecular flexibility index (Phi) is 8.25. The zero-order valence-electron chi connectivity index (χ0n) is 9.33. The number of hydrogen-bond donors (Lipinski definition) is 5. The molecule has 0 bridgehead atoms. The first-order valence-electron chi connectivity index (χ1n) is 5.15. The van der Waals surface area contributed by atoms with Crippen LogP contribution in [-0.4, -0.2) is 66.7 Å². The van der Waals surface area contributed by atoms with Crippen LogP contribution < -0.4 is 10.4 Å². The normalized spacial score (nSPS) is 13.6. The van der Waals surface area contributed by atoms with E-state index in [4.69, 9.17) is 19.1 Å². The lowest BCUT2D eigenvalue weighted by molar-refractivity contribution is -0.304. The third-order valence-corrected chi connectivity index (χ3v) is 2.78. The fourth-order valence-electron chi connectivity index (χ4n) is 1.03. The first kappa shape index (κ1) is 16.4. The van der Waals surface area contributed by atoms with Crippen molar-refractivity contribution in [1.82, 2.24) is 5.32 Å². The molecular formula is C8H18NO7Si-. The molecule has 0 aliphatic rings. The SMILES string of the molecule is O=C([O-])CNCC(O)COCCC[Si](O)(O)O. The van der Waals surface area contributed by atoms with Gasteiger partial charge in [-0.05, 0) is 6.42 Å². The van der Waals surface area contributed by atoms with Gasteiger partial charge < -0.3 is 39.4 Å². The molecule has 0 aliphatic heterocycles. The van der Waals surface area contributed by atoms with Crippen LogP contribution in [0.25, 0.3) is 0 Å². The zero-order chi connectivity index (χ0) is 13.3. The molecular weight excluding hydrogens is 250 g/mol. The number of carbonyl (C=O) groups excluding carboxylic acids is 1. The summed E-state index contributed by atoms with van der Waals surface area (Å²) in [5, 5.41) is 21.7. The van der Waals surface area contributed by atoms with E-state index in [9.17, 15) is 15.0 Å². The molecule has 5 N–H and O–H groups in total. The highest BCUT2D eigenvalue weighted by atomic mass is 28.4. The average molecular weight is 268 g/mol. The molecule has 0 fully saturated rings. The number of nitrogens with one attached hydrogen (secondary N) is 1. The first-order chi connectivity index (χ1) is 7.81. The van der Waals surface area contributed by atoms with Gasteiger partial charge in [-0.3, -0.25) is 0 Å². The minimum atomic E-state index is -4.00. The Morgan fingerprint density at radius 1 is 1.41 bits per heavy atom. The summed E-state index contributed by atoms with van der Waals surface area (Å²) in [6, 6.07) is -0.119. The fourth-order valence-corrected chi connectivity index (χ4v) is 1.65. The average Bonchev–Trinajstić information content (AvgIpc) is 2.14.